The van der Waals surface area contributed by atoms with Crippen molar-refractivity contribution in [1.82, 2.24) is 14.7 Å². The lowest BCUT2D eigenvalue weighted by molar-refractivity contribution is -0.0326. The van der Waals surface area contributed by atoms with Crippen LogP contribution in [-0.2, 0) is 11.3 Å². The van der Waals surface area contributed by atoms with Crippen LogP contribution in [0.4, 0.5) is 0 Å². The number of likely N-dealkylation sites (N-methyl/N-ethyl adjacent to an activating group) is 1. The fourth-order valence-electron chi connectivity index (χ4n) is 1.97. The summed E-state index contributed by atoms with van der Waals surface area (Å²) in [5, 5.41) is 4.24. The Morgan fingerprint density at radius 2 is 2.50 bits per heavy atom. The van der Waals surface area contributed by atoms with Crippen LogP contribution < -0.4 is 5.73 Å². The van der Waals surface area contributed by atoms with Gasteiger partial charge in [-0.1, -0.05) is 0 Å². The minimum Gasteiger partial charge on any atom is -0.374 e. The molecule has 0 bridgehead atoms. The molecule has 1 aromatic rings. The summed E-state index contributed by atoms with van der Waals surface area (Å²) in [6.45, 7) is 5.57. The Balaban J connectivity index is 2.02. The molecule has 90 valence electrons. The second-order valence-electron chi connectivity index (χ2n) is 4.33. The molecule has 0 spiro atoms. The molecule has 1 fully saturated rings. The van der Waals surface area contributed by atoms with E-state index in [9.17, 15) is 0 Å². The van der Waals surface area contributed by atoms with Crippen LogP contribution in [-0.4, -0.2) is 47.5 Å². The van der Waals surface area contributed by atoms with Crippen molar-refractivity contribution in [2.24, 2.45) is 5.73 Å². The van der Waals surface area contributed by atoms with Crippen molar-refractivity contribution in [1.29, 1.82) is 0 Å². The molecule has 2 rings (SSSR count). The average Bonchev–Trinajstić information content (AvgIpc) is 2.76. The van der Waals surface area contributed by atoms with Gasteiger partial charge >= 0.3 is 0 Å². The van der Waals surface area contributed by atoms with Gasteiger partial charge in [0.05, 0.1) is 24.9 Å². The Hall–Kier alpha value is -0.910. The topological polar surface area (TPSA) is 56.3 Å². The van der Waals surface area contributed by atoms with Gasteiger partial charge in [0, 0.05) is 31.4 Å². The Kier molecular flexibility index (Phi) is 3.58. The third-order valence-electron chi connectivity index (χ3n) is 3.06. The van der Waals surface area contributed by atoms with Gasteiger partial charge in [0.1, 0.15) is 0 Å². The number of nitrogens with zero attached hydrogens (tertiary/aromatic N) is 3. The van der Waals surface area contributed by atoms with Crippen LogP contribution in [0.5, 0.6) is 0 Å². The van der Waals surface area contributed by atoms with Crippen molar-refractivity contribution in [2.45, 2.75) is 25.6 Å². The second kappa shape index (κ2) is 4.95. The molecule has 1 aliphatic rings. The Morgan fingerprint density at radius 3 is 3.12 bits per heavy atom. The predicted octanol–water partition coefficient (Wildman–Crippen LogP) is 0.233. The highest BCUT2D eigenvalue weighted by atomic mass is 16.5. The molecule has 2 N–H and O–H groups in total. The average molecular weight is 224 g/mol. The van der Waals surface area contributed by atoms with E-state index in [1.165, 1.54) is 0 Å². The van der Waals surface area contributed by atoms with Gasteiger partial charge in [0.15, 0.2) is 0 Å². The number of aromatic nitrogens is 2. The zero-order valence-corrected chi connectivity index (χ0v) is 9.97. The molecule has 1 aliphatic heterocycles. The number of rotatable bonds is 3. The van der Waals surface area contributed by atoms with Crippen LogP contribution in [0, 0.1) is 0 Å². The maximum absolute atomic E-state index is 6.19. The first-order valence-corrected chi connectivity index (χ1v) is 5.78. The lowest BCUT2D eigenvalue weighted by atomic mass is 10.0. The highest BCUT2D eigenvalue weighted by Crippen LogP contribution is 2.19. The fraction of sp³-hybridized carbons (Fsp3) is 0.727. The molecule has 2 atom stereocenters. The maximum atomic E-state index is 6.19. The van der Waals surface area contributed by atoms with E-state index in [2.05, 4.69) is 24.0 Å². The summed E-state index contributed by atoms with van der Waals surface area (Å²) in [6, 6.07) is -0.0805. The molecule has 2 heterocycles. The highest BCUT2D eigenvalue weighted by molar-refractivity contribution is 5.12. The number of aryl methyl sites for hydroxylation is 1. The first-order valence-electron chi connectivity index (χ1n) is 5.78. The van der Waals surface area contributed by atoms with Gasteiger partial charge < -0.3 is 15.4 Å². The third kappa shape index (κ3) is 2.42. The number of hydrogen-bond donors (Lipinski definition) is 1. The zero-order valence-electron chi connectivity index (χ0n) is 9.97. The van der Waals surface area contributed by atoms with Crippen molar-refractivity contribution < 1.29 is 4.74 Å². The zero-order chi connectivity index (χ0) is 11.5. The quantitative estimate of drug-likeness (QED) is 0.798. The summed E-state index contributed by atoms with van der Waals surface area (Å²) in [5.74, 6) is 0. The molecular weight excluding hydrogens is 204 g/mol. The smallest absolute Gasteiger partial charge is 0.0895 e. The number of hydrogen-bond acceptors (Lipinski definition) is 4. The van der Waals surface area contributed by atoms with E-state index in [1.807, 2.05) is 17.1 Å². The molecule has 5 heteroatoms. The van der Waals surface area contributed by atoms with Crippen molar-refractivity contribution in [2.75, 3.05) is 26.7 Å². The molecule has 0 saturated carbocycles. The number of ether oxygens (including phenoxy) is 1. The first-order chi connectivity index (χ1) is 7.70. The lowest BCUT2D eigenvalue weighted by Crippen LogP contribution is -2.45. The third-order valence-corrected chi connectivity index (χ3v) is 3.06. The van der Waals surface area contributed by atoms with Crippen molar-refractivity contribution in [3.8, 4) is 0 Å². The normalized spacial score (nSPS) is 24.6. The van der Waals surface area contributed by atoms with E-state index < -0.39 is 0 Å². The summed E-state index contributed by atoms with van der Waals surface area (Å²) < 4.78 is 7.59. The maximum Gasteiger partial charge on any atom is 0.0895 e. The van der Waals surface area contributed by atoms with Gasteiger partial charge in [-0.15, -0.1) is 0 Å². The van der Waals surface area contributed by atoms with Crippen molar-refractivity contribution in [3.63, 3.8) is 0 Å². The minimum atomic E-state index is -0.0805. The SMILES string of the molecule is CCn1cc(C(N)C2CN(C)CCO2)cn1. The Bertz CT molecular complexity index is 338. The van der Waals surface area contributed by atoms with Crippen molar-refractivity contribution >= 4 is 0 Å². The Labute approximate surface area is 96.2 Å². The molecule has 0 radical (unpaired) electrons. The van der Waals surface area contributed by atoms with Gasteiger partial charge in [0.2, 0.25) is 0 Å². The highest BCUT2D eigenvalue weighted by Gasteiger charge is 2.25. The van der Waals surface area contributed by atoms with Crippen LogP contribution in [0.2, 0.25) is 0 Å². The van der Waals surface area contributed by atoms with Gasteiger partial charge in [-0.25, -0.2) is 0 Å². The molecule has 0 aromatic carbocycles. The van der Waals surface area contributed by atoms with E-state index >= 15 is 0 Å². The summed E-state index contributed by atoms with van der Waals surface area (Å²) in [6.07, 6.45) is 3.92. The van der Waals surface area contributed by atoms with Gasteiger partial charge in [-0.3, -0.25) is 4.68 Å². The molecule has 0 amide bonds. The Morgan fingerprint density at radius 1 is 1.69 bits per heavy atom. The molecule has 1 aromatic heterocycles. The fourth-order valence-corrected chi connectivity index (χ4v) is 1.97. The van der Waals surface area contributed by atoms with Gasteiger partial charge in [-0.2, -0.15) is 5.10 Å². The van der Waals surface area contributed by atoms with E-state index in [1.54, 1.807) is 0 Å². The van der Waals surface area contributed by atoms with Crippen LogP contribution in [0.1, 0.15) is 18.5 Å². The van der Waals surface area contributed by atoms with E-state index in [0.717, 1.165) is 31.8 Å². The van der Waals surface area contributed by atoms with Crippen LogP contribution in [0.25, 0.3) is 0 Å². The van der Waals surface area contributed by atoms with Crippen molar-refractivity contribution in [3.05, 3.63) is 18.0 Å². The van der Waals surface area contributed by atoms with E-state index in [4.69, 9.17) is 10.5 Å². The predicted molar refractivity (Wildman–Crippen MR) is 62.1 cm³/mol. The standard InChI is InChI=1S/C11H20N4O/c1-3-15-7-9(6-13-15)11(12)10-8-14(2)4-5-16-10/h6-7,10-11H,3-5,8,12H2,1-2H3. The minimum absolute atomic E-state index is 0.0771. The van der Waals surface area contributed by atoms with Gasteiger partial charge in [-0.05, 0) is 14.0 Å². The number of nitrogens with two attached hydrogens (primary N) is 1. The lowest BCUT2D eigenvalue weighted by Gasteiger charge is -2.33. The molecule has 5 nitrogen and oxygen atoms in total. The molecular formula is C11H20N4O. The molecule has 1 saturated heterocycles. The monoisotopic (exact) mass is 224 g/mol. The molecule has 2 unspecified atom stereocenters. The van der Waals surface area contributed by atoms with E-state index in [-0.39, 0.29) is 12.1 Å². The number of morpholine rings is 1. The van der Waals surface area contributed by atoms with Gasteiger partial charge in [0.25, 0.3) is 0 Å². The molecule has 0 aliphatic carbocycles. The van der Waals surface area contributed by atoms with Crippen LogP contribution >= 0.6 is 0 Å². The first kappa shape index (κ1) is 11.6. The second-order valence-corrected chi connectivity index (χ2v) is 4.33. The van der Waals surface area contributed by atoms with Crippen LogP contribution in [0.15, 0.2) is 12.4 Å². The summed E-state index contributed by atoms with van der Waals surface area (Å²) >= 11 is 0. The summed E-state index contributed by atoms with van der Waals surface area (Å²) in [4.78, 5) is 2.25. The van der Waals surface area contributed by atoms with E-state index in [0.29, 0.717) is 0 Å². The molecule has 16 heavy (non-hydrogen) atoms. The van der Waals surface area contributed by atoms with Crippen LogP contribution in [0.3, 0.4) is 0 Å². The largest absolute Gasteiger partial charge is 0.374 e. The summed E-state index contributed by atoms with van der Waals surface area (Å²) in [7, 11) is 2.09. The summed E-state index contributed by atoms with van der Waals surface area (Å²) in [5.41, 5.74) is 7.25.